The Morgan fingerprint density at radius 2 is 1.93 bits per heavy atom. The molecular weight excluding hydrogens is 229 g/mol. The molecule has 0 bridgehead atoms. The van der Waals surface area contributed by atoms with Gasteiger partial charge >= 0.3 is 6.18 Å². The fourth-order valence-electron chi connectivity index (χ4n) is 1.32. The standard InChI is InChI=1S/C9H9F3N2.ClH/c10-9(11,12)7-5-6(1-4-14-7)8(13)2-3-8;/h1,4-5H,2-3,13H2;1H. The van der Waals surface area contributed by atoms with E-state index >= 15 is 0 Å². The molecule has 2 N–H and O–H groups in total. The Bertz CT molecular complexity index is 340. The van der Waals surface area contributed by atoms with Crippen LogP contribution in [0.2, 0.25) is 0 Å². The highest BCUT2D eigenvalue weighted by atomic mass is 35.5. The van der Waals surface area contributed by atoms with Crippen molar-refractivity contribution in [3.05, 3.63) is 29.6 Å². The van der Waals surface area contributed by atoms with Crippen LogP contribution >= 0.6 is 12.4 Å². The molecule has 15 heavy (non-hydrogen) atoms. The lowest BCUT2D eigenvalue weighted by molar-refractivity contribution is -0.141. The number of aromatic nitrogens is 1. The van der Waals surface area contributed by atoms with Crippen molar-refractivity contribution in [1.29, 1.82) is 0 Å². The molecule has 1 aliphatic carbocycles. The third-order valence-corrected chi connectivity index (χ3v) is 2.41. The van der Waals surface area contributed by atoms with E-state index in [1.807, 2.05) is 0 Å². The third-order valence-electron chi connectivity index (χ3n) is 2.41. The molecule has 0 aromatic carbocycles. The Morgan fingerprint density at radius 3 is 2.40 bits per heavy atom. The van der Waals surface area contributed by atoms with E-state index < -0.39 is 17.4 Å². The van der Waals surface area contributed by atoms with Crippen LogP contribution < -0.4 is 5.73 Å². The average Bonchev–Trinajstić information content (AvgIpc) is 2.84. The number of alkyl halides is 3. The highest BCUT2D eigenvalue weighted by molar-refractivity contribution is 5.85. The number of nitrogens with two attached hydrogens (primary N) is 1. The van der Waals surface area contributed by atoms with Crippen molar-refractivity contribution in [3.8, 4) is 0 Å². The van der Waals surface area contributed by atoms with E-state index in [4.69, 9.17) is 5.73 Å². The first-order valence-corrected chi connectivity index (χ1v) is 4.24. The van der Waals surface area contributed by atoms with Crippen molar-refractivity contribution in [2.45, 2.75) is 24.6 Å². The lowest BCUT2D eigenvalue weighted by Crippen LogP contribution is -2.20. The largest absolute Gasteiger partial charge is 0.433 e. The molecular formula is C9H10ClF3N2. The van der Waals surface area contributed by atoms with Crippen molar-refractivity contribution in [2.24, 2.45) is 5.73 Å². The Balaban J connectivity index is 0.00000112. The summed E-state index contributed by atoms with van der Waals surface area (Å²) in [5, 5.41) is 0. The molecule has 2 nitrogen and oxygen atoms in total. The van der Waals surface area contributed by atoms with Crippen LogP contribution in [0.5, 0.6) is 0 Å². The van der Waals surface area contributed by atoms with E-state index in [9.17, 15) is 13.2 Å². The SMILES string of the molecule is Cl.NC1(c2ccnc(C(F)(F)F)c2)CC1. The van der Waals surface area contributed by atoms with Gasteiger partial charge in [-0.1, -0.05) is 0 Å². The summed E-state index contributed by atoms with van der Waals surface area (Å²) in [4.78, 5) is 3.27. The predicted octanol–water partition coefficient (Wildman–Crippen LogP) is 2.47. The van der Waals surface area contributed by atoms with Gasteiger partial charge in [0.2, 0.25) is 0 Å². The fourth-order valence-corrected chi connectivity index (χ4v) is 1.32. The minimum Gasteiger partial charge on any atom is -0.321 e. The van der Waals surface area contributed by atoms with Crippen LogP contribution in [0.4, 0.5) is 13.2 Å². The molecule has 0 aliphatic heterocycles. The zero-order chi connectivity index (χ0) is 10.4. The van der Waals surface area contributed by atoms with Crippen LogP contribution in [0.15, 0.2) is 18.3 Å². The molecule has 1 aromatic rings. The maximum absolute atomic E-state index is 12.3. The van der Waals surface area contributed by atoms with Crippen LogP contribution in [-0.4, -0.2) is 4.98 Å². The van der Waals surface area contributed by atoms with Gasteiger partial charge in [-0.15, -0.1) is 12.4 Å². The van der Waals surface area contributed by atoms with E-state index in [0.29, 0.717) is 5.56 Å². The zero-order valence-electron chi connectivity index (χ0n) is 7.71. The Hall–Kier alpha value is -0.810. The number of rotatable bonds is 1. The van der Waals surface area contributed by atoms with Gasteiger partial charge in [0.05, 0.1) is 0 Å². The molecule has 0 saturated heterocycles. The van der Waals surface area contributed by atoms with Gasteiger partial charge < -0.3 is 5.73 Å². The maximum Gasteiger partial charge on any atom is 0.433 e. The minimum atomic E-state index is -4.39. The van der Waals surface area contributed by atoms with Gasteiger partial charge in [0.1, 0.15) is 5.69 Å². The minimum absolute atomic E-state index is 0. The van der Waals surface area contributed by atoms with Crippen molar-refractivity contribution in [3.63, 3.8) is 0 Å². The van der Waals surface area contributed by atoms with E-state index in [0.717, 1.165) is 25.1 Å². The Kier molecular flexibility index (Phi) is 2.98. The van der Waals surface area contributed by atoms with Crippen LogP contribution in [0, 0.1) is 0 Å². The van der Waals surface area contributed by atoms with E-state index in [1.165, 1.54) is 0 Å². The zero-order valence-corrected chi connectivity index (χ0v) is 8.53. The molecule has 6 heteroatoms. The van der Waals surface area contributed by atoms with Crippen LogP contribution in [0.1, 0.15) is 24.1 Å². The summed E-state index contributed by atoms with van der Waals surface area (Å²) in [5.41, 5.74) is 4.91. The van der Waals surface area contributed by atoms with E-state index in [-0.39, 0.29) is 12.4 Å². The van der Waals surface area contributed by atoms with Gasteiger partial charge in [-0.3, -0.25) is 4.98 Å². The smallest absolute Gasteiger partial charge is 0.321 e. The summed E-state index contributed by atoms with van der Waals surface area (Å²) < 4.78 is 36.8. The first kappa shape index (κ1) is 12.3. The van der Waals surface area contributed by atoms with Crippen LogP contribution in [0.25, 0.3) is 0 Å². The summed E-state index contributed by atoms with van der Waals surface area (Å²) in [6.07, 6.45) is -1.74. The van der Waals surface area contributed by atoms with Gasteiger partial charge in [0.15, 0.2) is 0 Å². The molecule has 0 spiro atoms. The number of hydrogen-bond donors (Lipinski definition) is 1. The first-order chi connectivity index (χ1) is 6.42. The Morgan fingerprint density at radius 1 is 1.33 bits per heavy atom. The maximum atomic E-state index is 12.3. The molecule has 2 rings (SSSR count). The van der Waals surface area contributed by atoms with Crippen molar-refractivity contribution < 1.29 is 13.2 Å². The van der Waals surface area contributed by atoms with Gasteiger partial charge in [0.25, 0.3) is 0 Å². The summed E-state index contributed by atoms with van der Waals surface area (Å²) >= 11 is 0. The van der Waals surface area contributed by atoms with Crippen LogP contribution in [-0.2, 0) is 11.7 Å². The van der Waals surface area contributed by atoms with E-state index in [2.05, 4.69) is 4.98 Å². The number of hydrogen-bond acceptors (Lipinski definition) is 2. The van der Waals surface area contributed by atoms with Crippen molar-refractivity contribution in [2.75, 3.05) is 0 Å². The number of nitrogens with zero attached hydrogens (tertiary/aromatic N) is 1. The molecule has 1 aliphatic rings. The Labute approximate surface area is 91.1 Å². The number of pyridine rings is 1. The van der Waals surface area contributed by atoms with Gasteiger partial charge in [0, 0.05) is 11.7 Å². The quantitative estimate of drug-likeness (QED) is 0.816. The van der Waals surface area contributed by atoms with Gasteiger partial charge in [-0.2, -0.15) is 13.2 Å². The van der Waals surface area contributed by atoms with Crippen LogP contribution in [0.3, 0.4) is 0 Å². The second kappa shape index (κ2) is 3.64. The normalized spacial score (nSPS) is 18.1. The molecule has 1 saturated carbocycles. The average molecular weight is 239 g/mol. The first-order valence-electron chi connectivity index (χ1n) is 4.24. The summed E-state index contributed by atoms with van der Waals surface area (Å²) in [6, 6.07) is 2.58. The summed E-state index contributed by atoms with van der Waals surface area (Å²) in [7, 11) is 0. The topological polar surface area (TPSA) is 38.9 Å². The highest BCUT2D eigenvalue weighted by Gasteiger charge is 2.42. The third kappa shape index (κ3) is 2.41. The lowest BCUT2D eigenvalue weighted by atomic mass is 10.1. The van der Waals surface area contributed by atoms with Gasteiger partial charge in [-0.25, -0.2) is 0 Å². The highest BCUT2D eigenvalue weighted by Crippen LogP contribution is 2.43. The molecule has 0 radical (unpaired) electrons. The molecule has 0 unspecified atom stereocenters. The summed E-state index contributed by atoms with van der Waals surface area (Å²) in [5.74, 6) is 0. The van der Waals surface area contributed by atoms with Gasteiger partial charge in [-0.05, 0) is 30.5 Å². The molecule has 0 atom stereocenters. The predicted molar refractivity (Wildman–Crippen MR) is 51.6 cm³/mol. The lowest BCUT2D eigenvalue weighted by Gasteiger charge is -2.11. The van der Waals surface area contributed by atoms with Crippen molar-refractivity contribution in [1.82, 2.24) is 4.98 Å². The molecule has 1 fully saturated rings. The second-order valence-electron chi connectivity index (χ2n) is 3.58. The molecule has 0 amide bonds. The summed E-state index contributed by atoms with van der Waals surface area (Å²) in [6.45, 7) is 0. The van der Waals surface area contributed by atoms with Crippen molar-refractivity contribution >= 4 is 12.4 Å². The molecule has 1 aromatic heterocycles. The fraction of sp³-hybridized carbons (Fsp3) is 0.444. The number of halogens is 4. The van der Waals surface area contributed by atoms with E-state index in [1.54, 1.807) is 6.07 Å². The monoisotopic (exact) mass is 238 g/mol. The molecule has 84 valence electrons. The second-order valence-corrected chi connectivity index (χ2v) is 3.58. The molecule has 1 heterocycles.